The second-order valence-corrected chi connectivity index (χ2v) is 14.9. The van der Waals surface area contributed by atoms with Crippen LogP contribution in [-0.4, -0.2) is 4.57 Å². The summed E-state index contributed by atoms with van der Waals surface area (Å²) in [6.07, 6.45) is 0. The molecule has 1 aromatic heterocycles. The number of rotatable bonds is 6. The highest BCUT2D eigenvalue weighted by molar-refractivity contribution is 6.21. The standard InChI is InChI=1S/C56H37N/c1-3-14-38(15-4-1)43-18-13-19-44(36-43)45-32-35-54-52(37-45)47-20-11-12-25-53(47)57(54)46-33-30-40(31-34-46)39-26-28-42(29-27-39)56-50-23-9-7-21-48(50)55(41-16-5-2-6-17-41)49-22-8-10-24-51(49)56/h1-37H. The van der Waals surface area contributed by atoms with E-state index in [2.05, 4.69) is 229 Å². The van der Waals surface area contributed by atoms with Crippen LogP contribution in [0.15, 0.2) is 224 Å². The molecule has 0 bridgehead atoms. The molecule has 0 saturated carbocycles. The van der Waals surface area contributed by atoms with Gasteiger partial charge < -0.3 is 4.57 Å². The van der Waals surface area contributed by atoms with Gasteiger partial charge in [-0.15, -0.1) is 0 Å². The minimum absolute atomic E-state index is 1.15. The molecule has 11 aromatic rings. The molecule has 0 aliphatic rings. The normalized spacial score (nSPS) is 11.5. The fourth-order valence-electron chi connectivity index (χ4n) is 8.93. The Balaban J connectivity index is 0.955. The predicted molar refractivity (Wildman–Crippen MR) is 243 cm³/mol. The van der Waals surface area contributed by atoms with E-state index in [0.717, 1.165) is 5.69 Å². The van der Waals surface area contributed by atoms with E-state index in [9.17, 15) is 0 Å². The molecule has 0 aliphatic carbocycles. The summed E-state index contributed by atoms with van der Waals surface area (Å²) in [4.78, 5) is 0. The molecule has 11 rings (SSSR count). The van der Waals surface area contributed by atoms with Gasteiger partial charge in [0.25, 0.3) is 0 Å². The Bertz CT molecular complexity index is 3190. The molecule has 0 fully saturated rings. The van der Waals surface area contributed by atoms with Crippen LogP contribution < -0.4 is 0 Å². The Labute approximate surface area is 332 Å². The van der Waals surface area contributed by atoms with Gasteiger partial charge in [-0.2, -0.15) is 0 Å². The van der Waals surface area contributed by atoms with Crippen LogP contribution in [0.5, 0.6) is 0 Å². The van der Waals surface area contributed by atoms with E-state index in [0.29, 0.717) is 0 Å². The van der Waals surface area contributed by atoms with Crippen LogP contribution in [0.1, 0.15) is 0 Å². The van der Waals surface area contributed by atoms with Gasteiger partial charge in [0, 0.05) is 16.5 Å². The van der Waals surface area contributed by atoms with Crippen molar-refractivity contribution in [2.45, 2.75) is 0 Å². The van der Waals surface area contributed by atoms with Crippen molar-refractivity contribution in [3.63, 3.8) is 0 Å². The van der Waals surface area contributed by atoms with Crippen LogP contribution in [-0.2, 0) is 0 Å². The SMILES string of the molecule is c1ccc(-c2cccc(-c3ccc4c(c3)c3ccccc3n4-c3ccc(-c4ccc(-c5c6ccccc6c(-c6ccccc6)c6ccccc56)cc4)cc3)c2)cc1. The molecule has 0 aliphatic heterocycles. The molecule has 1 heterocycles. The zero-order valence-electron chi connectivity index (χ0n) is 31.3. The first-order valence-corrected chi connectivity index (χ1v) is 19.7. The van der Waals surface area contributed by atoms with E-state index in [1.54, 1.807) is 0 Å². The van der Waals surface area contributed by atoms with Crippen molar-refractivity contribution in [1.29, 1.82) is 0 Å². The number of benzene rings is 10. The van der Waals surface area contributed by atoms with Crippen LogP contribution in [0.2, 0.25) is 0 Å². The summed E-state index contributed by atoms with van der Waals surface area (Å²) in [7, 11) is 0. The Morgan fingerprint density at radius 2 is 0.579 bits per heavy atom. The van der Waals surface area contributed by atoms with Crippen molar-refractivity contribution in [3.8, 4) is 61.3 Å². The van der Waals surface area contributed by atoms with Gasteiger partial charge in [0.2, 0.25) is 0 Å². The Morgan fingerprint density at radius 1 is 0.211 bits per heavy atom. The maximum atomic E-state index is 2.40. The second-order valence-electron chi connectivity index (χ2n) is 14.9. The lowest BCUT2D eigenvalue weighted by Gasteiger charge is -2.18. The molecule has 10 aromatic carbocycles. The number of fused-ring (bicyclic) bond motifs is 5. The number of hydrogen-bond donors (Lipinski definition) is 0. The van der Waals surface area contributed by atoms with Crippen LogP contribution >= 0.6 is 0 Å². The summed E-state index contributed by atoms with van der Waals surface area (Å²) >= 11 is 0. The fraction of sp³-hybridized carbons (Fsp3) is 0. The third kappa shape index (κ3) is 5.63. The zero-order valence-corrected chi connectivity index (χ0v) is 31.3. The summed E-state index contributed by atoms with van der Waals surface area (Å²) in [5, 5.41) is 7.60. The number of nitrogens with zero attached hydrogens (tertiary/aromatic N) is 1. The van der Waals surface area contributed by atoms with E-state index in [4.69, 9.17) is 0 Å². The fourth-order valence-corrected chi connectivity index (χ4v) is 8.93. The van der Waals surface area contributed by atoms with Gasteiger partial charge in [0.15, 0.2) is 0 Å². The summed E-state index contributed by atoms with van der Waals surface area (Å²) in [6.45, 7) is 0. The van der Waals surface area contributed by atoms with Gasteiger partial charge in [-0.3, -0.25) is 0 Å². The van der Waals surface area contributed by atoms with Crippen molar-refractivity contribution in [2.75, 3.05) is 0 Å². The van der Waals surface area contributed by atoms with Gasteiger partial charge in [-0.05, 0) is 114 Å². The first kappa shape index (κ1) is 32.9. The molecular weight excluding hydrogens is 687 g/mol. The lowest BCUT2D eigenvalue weighted by Crippen LogP contribution is -1.94. The maximum absolute atomic E-state index is 2.40. The average molecular weight is 724 g/mol. The molecule has 1 nitrogen and oxygen atoms in total. The molecule has 0 saturated heterocycles. The second kappa shape index (κ2) is 13.7. The predicted octanol–water partition coefficient (Wildman–Crippen LogP) is 15.4. The number of hydrogen-bond acceptors (Lipinski definition) is 0. The first-order valence-electron chi connectivity index (χ1n) is 19.7. The third-order valence-corrected chi connectivity index (χ3v) is 11.6. The molecular formula is C56H37N. The number of aromatic nitrogens is 1. The zero-order chi connectivity index (χ0) is 37.7. The highest BCUT2D eigenvalue weighted by atomic mass is 15.0. The molecule has 0 radical (unpaired) electrons. The lowest BCUT2D eigenvalue weighted by molar-refractivity contribution is 1.18. The molecule has 1 heteroatoms. The molecule has 0 unspecified atom stereocenters. The lowest BCUT2D eigenvalue weighted by atomic mass is 9.86. The van der Waals surface area contributed by atoms with Crippen molar-refractivity contribution in [1.82, 2.24) is 4.57 Å². The Hall–Kier alpha value is -7.48. The van der Waals surface area contributed by atoms with Crippen LogP contribution in [0.3, 0.4) is 0 Å². The van der Waals surface area contributed by atoms with Crippen LogP contribution in [0.25, 0.3) is 105 Å². The molecule has 0 amide bonds. The van der Waals surface area contributed by atoms with Crippen molar-refractivity contribution in [3.05, 3.63) is 224 Å². The van der Waals surface area contributed by atoms with Gasteiger partial charge in [-0.1, -0.05) is 188 Å². The van der Waals surface area contributed by atoms with Gasteiger partial charge in [0.1, 0.15) is 0 Å². The first-order chi connectivity index (χ1) is 28.3. The van der Waals surface area contributed by atoms with Crippen molar-refractivity contribution < 1.29 is 0 Å². The molecule has 0 N–H and O–H groups in total. The highest BCUT2D eigenvalue weighted by Crippen LogP contribution is 2.44. The Morgan fingerprint density at radius 3 is 1.18 bits per heavy atom. The topological polar surface area (TPSA) is 4.93 Å². The van der Waals surface area contributed by atoms with Crippen LogP contribution in [0, 0.1) is 0 Å². The highest BCUT2D eigenvalue weighted by Gasteiger charge is 2.17. The van der Waals surface area contributed by atoms with Gasteiger partial charge in [0.05, 0.1) is 11.0 Å². The smallest absolute Gasteiger partial charge is 0.0541 e. The molecule has 57 heavy (non-hydrogen) atoms. The Kier molecular flexibility index (Phi) is 7.89. The summed E-state index contributed by atoms with van der Waals surface area (Å²) in [5.74, 6) is 0. The van der Waals surface area contributed by atoms with E-state index in [1.165, 1.54) is 99.0 Å². The summed E-state index contributed by atoms with van der Waals surface area (Å²) < 4.78 is 2.40. The molecule has 0 atom stereocenters. The number of para-hydroxylation sites is 1. The minimum atomic E-state index is 1.15. The van der Waals surface area contributed by atoms with E-state index in [1.807, 2.05) is 0 Å². The monoisotopic (exact) mass is 723 g/mol. The van der Waals surface area contributed by atoms with Crippen molar-refractivity contribution >= 4 is 43.4 Å². The average Bonchev–Trinajstić information content (AvgIpc) is 3.62. The van der Waals surface area contributed by atoms with Gasteiger partial charge >= 0.3 is 0 Å². The molecule has 0 spiro atoms. The summed E-state index contributed by atoms with van der Waals surface area (Å²) in [6, 6.07) is 81.8. The van der Waals surface area contributed by atoms with E-state index in [-0.39, 0.29) is 0 Å². The maximum Gasteiger partial charge on any atom is 0.0541 e. The molecule has 266 valence electrons. The largest absolute Gasteiger partial charge is 0.309 e. The van der Waals surface area contributed by atoms with E-state index < -0.39 is 0 Å². The van der Waals surface area contributed by atoms with E-state index >= 15 is 0 Å². The van der Waals surface area contributed by atoms with Gasteiger partial charge in [-0.25, -0.2) is 0 Å². The summed E-state index contributed by atoms with van der Waals surface area (Å²) in [5.41, 5.74) is 15.9. The van der Waals surface area contributed by atoms with Crippen LogP contribution in [0.4, 0.5) is 0 Å². The quantitative estimate of drug-likeness (QED) is 0.151. The van der Waals surface area contributed by atoms with Crippen molar-refractivity contribution in [2.24, 2.45) is 0 Å². The minimum Gasteiger partial charge on any atom is -0.309 e. The third-order valence-electron chi connectivity index (χ3n) is 11.6.